The molecule has 1 saturated carbocycles. The highest BCUT2D eigenvalue weighted by Crippen LogP contribution is 2.25. The summed E-state index contributed by atoms with van der Waals surface area (Å²) >= 11 is 0. The largest absolute Gasteiger partial charge is 0.495 e. The highest BCUT2D eigenvalue weighted by molar-refractivity contribution is 7.92. The predicted octanol–water partition coefficient (Wildman–Crippen LogP) is 3.20. The second kappa shape index (κ2) is 8.60. The van der Waals surface area contributed by atoms with E-state index in [0.717, 1.165) is 25.7 Å². The fourth-order valence-corrected chi connectivity index (χ4v) is 4.75. The Balaban J connectivity index is 1.82. The number of carbonyl (C=O) groups is 1. The van der Waals surface area contributed by atoms with Crippen LogP contribution in [0.25, 0.3) is 0 Å². The molecule has 0 saturated heterocycles. The van der Waals surface area contributed by atoms with Gasteiger partial charge in [-0.25, -0.2) is 8.42 Å². The molecule has 1 aromatic heterocycles. The molecule has 0 bridgehead atoms. The minimum atomic E-state index is -3.97. The van der Waals surface area contributed by atoms with Crippen LogP contribution in [0, 0.1) is 5.92 Å². The van der Waals surface area contributed by atoms with Gasteiger partial charge in [-0.05, 0) is 30.9 Å². The van der Waals surface area contributed by atoms with Gasteiger partial charge in [0.2, 0.25) is 0 Å². The lowest BCUT2D eigenvalue weighted by molar-refractivity contribution is 0.0918. The van der Waals surface area contributed by atoms with E-state index in [-0.39, 0.29) is 28.1 Å². The number of sulfonamides is 1. The third kappa shape index (κ3) is 4.81. The van der Waals surface area contributed by atoms with Gasteiger partial charge in [0, 0.05) is 12.1 Å². The lowest BCUT2D eigenvalue weighted by atomic mass is 9.87. The molecule has 1 aliphatic carbocycles. The quantitative estimate of drug-likeness (QED) is 0.772. The summed E-state index contributed by atoms with van der Waals surface area (Å²) in [4.78, 5) is 16.7. The molecule has 1 amide bonds. The summed E-state index contributed by atoms with van der Waals surface area (Å²) in [7, 11) is -2.50. The standard InChI is InChI=1S/C20H25N3O4S/c1-14-6-5-7-15(10-14)22-20(24)18-8-3-4-9-19(18)28(25,26)23-16-11-17(27-2)13-21-12-16/h3-4,8-9,11-15,23H,5-7,10H2,1-2H3,(H,22,24). The van der Waals surface area contributed by atoms with Gasteiger partial charge in [-0.15, -0.1) is 0 Å². The molecule has 0 aliphatic heterocycles. The minimum Gasteiger partial charge on any atom is -0.495 e. The lowest BCUT2D eigenvalue weighted by Gasteiger charge is -2.27. The van der Waals surface area contributed by atoms with E-state index in [9.17, 15) is 13.2 Å². The molecule has 28 heavy (non-hydrogen) atoms. The highest BCUT2D eigenvalue weighted by atomic mass is 32.2. The second-order valence-corrected chi connectivity index (χ2v) is 8.81. The second-order valence-electron chi connectivity index (χ2n) is 7.16. The van der Waals surface area contributed by atoms with E-state index in [1.807, 2.05) is 0 Å². The summed E-state index contributed by atoms with van der Waals surface area (Å²) in [5.41, 5.74) is 0.389. The first-order valence-corrected chi connectivity index (χ1v) is 10.8. The van der Waals surface area contributed by atoms with E-state index in [0.29, 0.717) is 11.7 Å². The molecule has 2 unspecified atom stereocenters. The Labute approximate surface area is 165 Å². The Hall–Kier alpha value is -2.61. The number of hydrogen-bond acceptors (Lipinski definition) is 5. The first-order chi connectivity index (χ1) is 13.4. The summed E-state index contributed by atoms with van der Waals surface area (Å²) in [6.45, 7) is 2.17. The molecule has 3 rings (SSSR count). The zero-order chi connectivity index (χ0) is 20.1. The van der Waals surface area contributed by atoms with Gasteiger partial charge < -0.3 is 10.1 Å². The smallest absolute Gasteiger partial charge is 0.262 e. The molecule has 0 radical (unpaired) electrons. The topological polar surface area (TPSA) is 97.4 Å². The molecule has 0 spiro atoms. The van der Waals surface area contributed by atoms with Gasteiger partial charge in [0.05, 0.1) is 30.8 Å². The maximum Gasteiger partial charge on any atom is 0.262 e. The minimum absolute atomic E-state index is 0.0702. The maximum atomic E-state index is 12.9. The molecular weight excluding hydrogens is 378 g/mol. The van der Waals surface area contributed by atoms with Crippen LogP contribution in [0.5, 0.6) is 5.75 Å². The van der Waals surface area contributed by atoms with Crippen molar-refractivity contribution in [2.75, 3.05) is 11.8 Å². The Morgan fingerprint density at radius 3 is 2.75 bits per heavy atom. The van der Waals surface area contributed by atoms with E-state index in [2.05, 4.69) is 21.9 Å². The summed E-state index contributed by atoms with van der Waals surface area (Å²) < 4.78 is 33.4. The van der Waals surface area contributed by atoms with Crippen molar-refractivity contribution in [2.45, 2.75) is 43.5 Å². The van der Waals surface area contributed by atoms with Crippen molar-refractivity contribution in [2.24, 2.45) is 5.92 Å². The van der Waals surface area contributed by atoms with Crippen LogP contribution in [-0.2, 0) is 10.0 Å². The molecule has 1 fully saturated rings. The molecule has 150 valence electrons. The molecule has 2 atom stereocenters. The number of pyridine rings is 1. The van der Waals surface area contributed by atoms with Crippen LogP contribution < -0.4 is 14.8 Å². The van der Waals surface area contributed by atoms with Crippen molar-refractivity contribution in [3.63, 3.8) is 0 Å². The number of rotatable bonds is 6. The fraction of sp³-hybridized carbons (Fsp3) is 0.400. The van der Waals surface area contributed by atoms with E-state index in [1.54, 1.807) is 12.1 Å². The number of nitrogens with zero attached hydrogens (tertiary/aromatic N) is 1. The first-order valence-electron chi connectivity index (χ1n) is 9.31. The Bertz CT molecular complexity index is 946. The van der Waals surface area contributed by atoms with E-state index < -0.39 is 10.0 Å². The SMILES string of the molecule is COc1cncc(NS(=O)(=O)c2ccccc2C(=O)NC2CCCC(C)C2)c1. The number of ether oxygens (including phenoxy) is 1. The van der Waals surface area contributed by atoms with Crippen molar-refractivity contribution in [1.29, 1.82) is 0 Å². The van der Waals surface area contributed by atoms with Crippen LogP contribution in [0.4, 0.5) is 5.69 Å². The number of anilines is 1. The Morgan fingerprint density at radius 1 is 1.21 bits per heavy atom. The van der Waals surface area contributed by atoms with Gasteiger partial charge in [-0.2, -0.15) is 0 Å². The number of hydrogen-bond donors (Lipinski definition) is 2. The molecule has 1 heterocycles. The van der Waals surface area contributed by atoms with E-state index >= 15 is 0 Å². The fourth-order valence-electron chi connectivity index (χ4n) is 3.51. The van der Waals surface area contributed by atoms with Crippen molar-refractivity contribution in [3.8, 4) is 5.75 Å². The van der Waals surface area contributed by atoms with Gasteiger partial charge in [-0.3, -0.25) is 14.5 Å². The average molecular weight is 404 g/mol. The van der Waals surface area contributed by atoms with Crippen LogP contribution >= 0.6 is 0 Å². The van der Waals surface area contributed by atoms with Crippen LogP contribution in [0.2, 0.25) is 0 Å². The number of aromatic nitrogens is 1. The summed E-state index contributed by atoms with van der Waals surface area (Å²) in [5.74, 6) is 0.613. The van der Waals surface area contributed by atoms with E-state index in [4.69, 9.17) is 4.74 Å². The van der Waals surface area contributed by atoms with Gasteiger partial charge in [0.15, 0.2) is 0 Å². The van der Waals surface area contributed by atoms with Crippen LogP contribution in [0.15, 0.2) is 47.6 Å². The predicted molar refractivity (Wildman–Crippen MR) is 107 cm³/mol. The van der Waals surface area contributed by atoms with Gasteiger partial charge in [0.25, 0.3) is 15.9 Å². The lowest BCUT2D eigenvalue weighted by Crippen LogP contribution is -2.38. The van der Waals surface area contributed by atoms with Gasteiger partial charge in [-0.1, -0.05) is 31.9 Å². The summed E-state index contributed by atoms with van der Waals surface area (Å²) in [5, 5.41) is 3.00. The third-order valence-corrected chi connectivity index (χ3v) is 6.33. The van der Waals surface area contributed by atoms with Crippen LogP contribution in [0.1, 0.15) is 43.0 Å². The van der Waals surface area contributed by atoms with Crippen molar-refractivity contribution in [1.82, 2.24) is 10.3 Å². The monoisotopic (exact) mass is 403 g/mol. The molecule has 2 aromatic rings. The average Bonchev–Trinajstić information content (AvgIpc) is 2.68. The summed E-state index contributed by atoms with van der Waals surface area (Å²) in [6.07, 6.45) is 6.91. The third-order valence-electron chi connectivity index (χ3n) is 4.89. The van der Waals surface area contributed by atoms with Crippen LogP contribution in [-0.4, -0.2) is 32.5 Å². The van der Waals surface area contributed by atoms with Gasteiger partial charge in [0.1, 0.15) is 10.6 Å². The number of carbonyl (C=O) groups excluding carboxylic acids is 1. The zero-order valence-electron chi connectivity index (χ0n) is 16.0. The molecule has 7 nitrogen and oxygen atoms in total. The molecule has 2 N–H and O–H groups in total. The van der Waals surface area contributed by atoms with E-state index in [1.165, 1.54) is 37.7 Å². The molecule has 8 heteroatoms. The van der Waals surface area contributed by atoms with Crippen molar-refractivity contribution < 1.29 is 17.9 Å². The summed E-state index contributed by atoms with van der Waals surface area (Å²) in [6, 6.07) is 7.80. The maximum absolute atomic E-state index is 12.9. The number of methoxy groups -OCH3 is 1. The molecule has 1 aromatic carbocycles. The van der Waals surface area contributed by atoms with Crippen molar-refractivity contribution >= 4 is 21.6 Å². The zero-order valence-corrected chi connectivity index (χ0v) is 16.8. The highest BCUT2D eigenvalue weighted by Gasteiger charge is 2.26. The number of benzene rings is 1. The normalized spacial score (nSPS) is 19.6. The molecule has 1 aliphatic rings. The first kappa shape index (κ1) is 20.1. The van der Waals surface area contributed by atoms with Crippen LogP contribution in [0.3, 0.4) is 0 Å². The Kier molecular flexibility index (Phi) is 6.18. The number of amides is 1. The van der Waals surface area contributed by atoms with Gasteiger partial charge >= 0.3 is 0 Å². The number of nitrogens with one attached hydrogen (secondary N) is 2. The Morgan fingerprint density at radius 2 is 2.00 bits per heavy atom. The molecular formula is C20H25N3O4S. The van der Waals surface area contributed by atoms with Crippen molar-refractivity contribution in [3.05, 3.63) is 48.3 Å².